The first-order chi connectivity index (χ1) is 10.5. The van der Waals surface area contributed by atoms with Crippen molar-refractivity contribution in [3.05, 3.63) is 11.6 Å². The van der Waals surface area contributed by atoms with Crippen molar-refractivity contribution in [2.45, 2.75) is 39.5 Å². The summed E-state index contributed by atoms with van der Waals surface area (Å²) in [5, 5.41) is 0. The van der Waals surface area contributed by atoms with E-state index < -0.39 is 0 Å². The molecule has 2 amide bonds. The molecular formula is C17H28N2O3. The van der Waals surface area contributed by atoms with E-state index in [1.807, 2.05) is 23.6 Å². The number of allylic oxidation sites excluding steroid dienone is 1. The van der Waals surface area contributed by atoms with Crippen LogP contribution in [-0.4, -0.2) is 61.5 Å². The lowest BCUT2D eigenvalue weighted by atomic mass is 9.72. The van der Waals surface area contributed by atoms with Gasteiger partial charge in [-0.3, -0.25) is 9.59 Å². The molecule has 124 valence electrons. The van der Waals surface area contributed by atoms with E-state index in [9.17, 15) is 9.59 Å². The Morgan fingerprint density at radius 2 is 1.95 bits per heavy atom. The monoisotopic (exact) mass is 308 g/mol. The standard InChI is InChI=1S/C17H28N2O3/c1-14(2)12-16(21)18-8-6-17(7-9-18)5-4-15(20)19(13-17)10-11-22-3/h12H,4-11,13H2,1-3H3. The quantitative estimate of drug-likeness (QED) is 0.745. The fourth-order valence-corrected chi connectivity index (χ4v) is 3.46. The van der Waals surface area contributed by atoms with Crippen molar-refractivity contribution < 1.29 is 14.3 Å². The Morgan fingerprint density at radius 1 is 1.27 bits per heavy atom. The first-order valence-electron chi connectivity index (χ1n) is 8.16. The van der Waals surface area contributed by atoms with Gasteiger partial charge in [-0.2, -0.15) is 0 Å². The Bertz CT molecular complexity index is 447. The van der Waals surface area contributed by atoms with Crippen LogP contribution in [0.1, 0.15) is 39.5 Å². The van der Waals surface area contributed by atoms with E-state index in [1.54, 1.807) is 13.2 Å². The third kappa shape index (κ3) is 4.09. The minimum absolute atomic E-state index is 0.123. The number of hydrogen-bond acceptors (Lipinski definition) is 3. The summed E-state index contributed by atoms with van der Waals surface area (Å²) in [5.74, 6) is 0.365. The van der Waals surface area contributed by atoms with Gasteiger partial charge in [0.2, 0.25) is 11.8 Å². The predicted octanol–water partition coefficient (Wildman–Crippen LogP) is 1.83. The van der Waals surface area contributed by atoms with E-state index in [-0.39, 0.29) is 17.2 Å². The van der Waals surface area contributed by atoms with Crippen molar-refractivity contribution in [1.82, 2.24) is 9.80 Å². The molecule has 0 unspecified atom stereocenters. The third-order valence-corrected chi connectivity index (χ3v) is 4.86. The number of likely N-dealkylation sites (tertiary alicyclic amines) is 2. The second-order valence-electron chi connectivity index (χ2n) is 6.86. The van der Waals surface area contributed by atoms with Crippen LogP contribution in [-0.2, 0) is 14.3 Å². The number of carbonyl (C=O) groups excluding carboxylic acids is 2. The molecular weight excluding hydrogens is 280 g/mol. The van der Waals surface area contributed by atoms with Crippen molar-refractivity contribution in [2.75, 3.05) is 39.9 Å². The van der Waals surface area contributed by atoms with Crippen molar-refractivity contribution >= 4 is 11.8 Å². The number of hydrogen-bond donors (Lipinski definition) is 0. The van der Waals surface area contributed by atoms with E-state index in [1.165, 1.54) is 0 Å². The first kappa shape index (κ1) is 17.0. The molecule has 2 rings (SSSR count). The van der Waals surface area contributed by atoms with Gasteiger partial charge in [0.15, 0.2) is 0 Å². The van der Waals surface area contributed by atoms with Crippen LogP contribution in [0.4, 0.5) is 0 Å². The average Bonchev–Trinajstić information content (AvgIpc) is 2.48. The lowest BCUT2D eigenvalue weighted by molar-refractivity contribution is -0.141. The normalized spacial score (nSPS) is 21.1. The fourth-order valence-electron chi connectivity index (χ4n) is 3.46. The Kier molecular flexibility index (Phi) is 5.62. The highest BCUT2D eigenvalue weighted by Crippen LogP contribution is 2.40. The van der Waals surface area contributed by atoms with Gasteiger partial charge in [0.1, 0.15) is 0 Å². The zero-order chi connectivity index (χ0) is 16.2. The second kappa shape index (κ2) is 7.27. The van der Waals surface area contributed by atoms with E-state index in [4.69, 9.17) is 4.74 Å². The average molecular weight is 308 g/mol. The van der Waals surface area contributed by atoms with Crippen LogP contribution in [0.5, 0.6) is 0 Å². The van der Waals surface area contributed by atoms with Crippen LogP contribution in [0, 0.1) is 5.41 Å². The maximum Gasteiger partial charge on any atom is 0.246 e. The van der Waals surface area contributed by atoms with Gasteiger partial charge in [0, 0.05) is 45.8 Å². The molecule has 0 aliphatic carbocycles. The summed E-state index contributed by atoms with van der Waals surface area (Å²) in [6, 6.07) is 0. The van der Waals surface area contributed by atoms with Gasteiger partial charge in [-0.05, 0) is 38.5 Å². The number of rotatable bonds is 4. The molecule has 0 radical (unpaired) electrons. The lowest BCUT2D eigenvalue weighted by Crippen LogP contribution is -2.52. The minimum Gasteiger partial charge on any atom is -0.383 e. The summed E-state index contributed by atoms with van der Waals surface area (Å²) in [6.45, 7) is 7.59. The fraction of sp³-hybridized carbons (Fsp3) is 0.765. The zero-order valence-electron chi connectivity index (χ0n) is 14.1. The predicted molar refractivity (Wildman–Crippen MR) is 85.4 cm³/mol. The molecule has 0 aromatic heterocycles. The Morgan fingerprint density at radius 3 is 2.55 bits per heavy atom. The Labute approximate surface area is 133 Å². The van der Waals surface area contributed by atoms with Crippen LogP contribution in [0.2, 0.25) is 0 Å². The number of piperidine rings is 2. The molecule has 0 N–H and O–H groups in total. The zero-order valence-corrected chi connectivity index (χ0v) is 14.1. The van der Waals surface area contributed by atoms with Crippen molar-refractivity contribution in [1.29, 1.82) is 0 Å². The SMILES string of the molecule is COCCN1CC2(CCC1=O)CCN(C(=O)C=C(C)C)CC2. The van der Waals surface area contributed by atoms with E-state index in [2.05, 4.69) is 0 Å². The maximum atomic E-state index is 12.1. The molecule has 2 heterocycles. The van der Waals surface area contributed by atoms with Crippen LogP contribution < -0.4 is 0 Å². The van der Waals surface area contributed by atoms with Gasteiger partial charge < -0.3 is 14.5 Å². The number of carbonyl (C=O) groups is 2. The minimum atomic E-state index is 0.123. The van der Waals surface area contributed by atoms with Crippen LogP contribution in [0.3, 0.4) is 0 Å². The first-order valence-corrected chi connectivity index (χ1v) is 8.16. The molecule has 5 heteroatoms. The Balaban J connectivity index is 1.93. The number of amides is 2. The van der Waals surface area contributed by atoms with Crippen molar-refractivity contribution in [3.63, 3.8) is 0 Å². The molecule has 0 saturated carbocycles. The van der Waals surface area contributed by atoms with Gasteiger partial charge in [-0.25, -0.2) is 0 Å². The van der Waals surface area contributed by atoms with Gasteiger partial charge in [-0.15, -0.1) is 0 Å². The van der Waals surface area contributed by atoms with E-state index in [0.29, 0.717) is 19.6 Å². The Hall–Kier alpha value is -1.36. The largest absolute Gasteiger partial charge is 0.383 e. The molecule has 0 atom stereocenters. The summed E-state index contributed by atoms with van der Waals surface area (Å²) in [5.41, 5.74) is 1.24. The molecule has 0 aromatic rings. The highest BCUT2D eigenvalue weighted by atomic mass is 16.5. The summed E-state index contributed by atoms with van der Waals surface area (Å²) in [7, 11) is 1.66. The van der Waals surface area contributed by atoms with E-state index in [0.717, 1.165) is 44.5 Å². The molecule has 2 saturated heterocycles. The number of methoxy groups -OCH3 is 1. The molecule has 2 aliphatic heterocycles. The lowest BCUT2D eigenvalue weighted by Gasteiger charge is -2.47. The van der Waals surface area contributed by atoms with Crippen molar-refractivity contribution in [2.24, 2.45) is 5.41 Å². The highest BCUT2D eigenvalue weighted by molar-refractivity contribution is 5.88. The molecule has 2 fully saturated rings. The topological polar surface area (TPSA) is 49.9 Å². The van der Waals surface area contributed by atoms with Crippen LogP contribution >= 0.6 is 0 Å². The van der Waals surface area contributed by atoms with Gasteiger partial charge in [-0.1, -0.05) is 5.57 Å². The molecule has 2 aliphatic rings. The maximum absolute atomic E-state index is 12.1. The third-order valence-electron chi connectivity index (χ3n) is 4.86. The van der Waals surface area contributed by atoms with Crippen LogP contribution in [0.15, 0.2) is 11.6 Å². The summed E-state index contributed by atoms with van der Waals surface area (Å²) in [4.78, 5) is 28.0. The molecule has 0 bridgehead atoms. The van der Waals surface area contributed by atoms with Crippen molar-refractivity contribution in [3.8, 4) is 0 Å². The van der Waals surface area contributed by atoms with Gasteiger partial charge >= 0.3 is 0 Å². The molecule has 5 nitrogen and oxygen atoms in total. The number of ether oxygens (including phenoxy) is 1. The summed E-state index contributed by atoms with van der Waals surface area (Å²) < 4.78 is 5.10. The summed E-state index contributed by atoms with van der Waals surface area (Å²) >= 11 is 0. The number of nitrogens with zero attached hydrogens (tertiary/aromatic N) is 2. The van der Waals surface area contributed by atoms with Crippen LogP contribution in [0.25, 0.3) is 0 Å². The summed E-state index contributed by atoms with van der Waals surface area (Å²) in [6.07, 6.45) is 5.29. The highest BCUT2D eigenvalue weighted by Gasteiger charge is 2.41. The van der Waals surface area contributed by atoms with E-state index >= 15 is 0 Å². The molecule has 0 aromatic carbocycles. The smallest absolute Gasteiger partial charge is 0.246 e. The molecule has 22 heavy (non-hydrogen) atoms. The van der Waals surface area contributed by atoms with Gasteiger partial charge in [0.05, 0.1) is 6.61 Å². The van der Waals surface area contributed by atoms with Gasteiger partial charge in [0.25, 0.3) is 0 Å². The molecule has 1 spiro atoms. The second-order valence-corrected chi connectivity index (χ2v) is 6.86.